The molecule has 0 radical (unpaired) electrons. The SMILES string of the molecule is CCCN(CCC)C(=O)c1ccc(NC(=S)NC(=O)C2CCCCC2)cc1. The van der Waals surface area contributed by atoms with E-state index in [2.05, 4.69) is 24.5 Å². The molecule has 1 aliphatic rings. The van der Waals surface area contributed by atoms with Gasteiger partial charge in [0.1, 0.15) is 0 Å². The number of nitrogens with zero attached hydrogens (tertiary/aromatic N) is 1. The lowest BCUT2D eigenvalue weighted by Gasteiger charge is -2.22. The van der Waals surface area contributed by atoms with Crippen LogP contribution < -0.4 is 10.6 Å². The average Bonchev–Trinajstić information content (AvgIpc) is 2.68. The van der Waals surface area contributed by atoms with Gasteiger partial charge in [-0.2, -0.15) is 0 Å². The number of nitrogens with one attached hydrogen (secondary N) is 2. The molecule has 1 fully saturated rings. The zero-order valence-electron chi connectivity index (χ0n) is 16.4. The summed E-state index contributed by atoms with van der Waals surface area (Å²) in [4.78, 5) is 26.7. The number of hydrogen-bond acceptors (Lipinski definition) is 3. The Morgan fingerprint density at radius 3 is 2.19 bits per heavy atom. The molecule has 0 unspecified atom stereocenters. The molecule has 5 nitrogen and oxygen atoms in total. The fourth-order valence-electron chi connectivity index (χ4n) is 3.47. The third-order valence-corrected chi connectivity index (χ3v) is 5.08. The van der Waals surface area contributed by atoms with E-state index in [1.165, 1.54) is 6.42 Å². The van der Waals surface area contributed by atoms with Crippen LogP contribution in [0.25, 0.3) is 0 Å². The van der Waals surface area contributed by atoms with E-state index in [1.807, 2.05) is 17.0 Å². The summed E-state index contributed by atoms with van der Waals surface area (Å²) >= 11 is 5.26. The van der Waals surface area contributed by atoms with Gasteiger partial charge in [0, 0.05) is 30.3 Å². The molecular formula is C21H31N3O2S. The zero-order chi connectivity index (χ0) is 19.6. The standard InChI is InChI=1S/C21H31N3O2S/c1-3-14-24(15-4-2)20(26)17-10-12-18(13-11-17)22-21(27)23-19(25)16-8-6-5-7-9-16/h10-13,16H,3-9,14-15H2,1-2H3,(H2,22,23,25,27). The summed E-state index contributed by atoms with van der Waals surface area (Å²) in [6, 6.07) is 7.24. The van der Waals surface area contributed by atoms with Crippen molar-refractivity contribution in [2.75, 3.05) is 18.4 Å². The Hall–Kier alpha value is -1.95. The molecule has 0 spiro atoms. The summed E-state index contributed by atoms with van der Waals surface area (Å²) in [7, 11) is 0. The first-order valence-corrected chi connectivity index (χ1v) is 10.5. The van der Waals surface area contributed by atoms with Gasteiger partial charge in [-0.1, -0.05) is 33.1 Å². The predicted molar refractivity (Wildman–Crippen MR) is 114 cm³/mol. The summed E-state index contributed by atoms with van der Waals surface area (Å²) in [6.07, 6.45) is 7.21. The zero-order valence-corrected chi connectivity index (χ0v) is 17.2. The van der Waals surface area contributed by atoms with Crippen molar-refractivity contribution in [2.24, 2.45) is 5.92 Å². The second-order valence-electron chi connectivity index (χ2n) is 7.15. The van der Waals surface area contributed by atoms with E-state index >= 15 is 0 Å². The van der Waals surface area contributed by atoms with Gasteiger partial charge in [0.05, 0.1) is 0 Å². The maximum absolute atomic E-state index is 12.6. The quantitative estimate of drug-likeness (QED) is 0.681. The molecule has 2 rings (SSSR count). The van der Waals surface area contributed by atoms with E-state index < -0.39 is 0 Å². The molecule has 0 bridgehead atoms. The van der Waals surface area contributed by atoms with Crippen LogP contribution in [-0.4, -0.2) is 34.9 Å². The first-order chi connectivity index (χ1) is 13.0. The van der Waals surface area contributed by atoms with Crippen LogP contribution in [0.5, 0.6) is 0 Å². The highest BCUT2D eigenvalue weighted by molar-refractivity contribution is 7.80. The number of carbonyl (C=O) groups excluding carboxylic acids is 2. The monoisotopic (exact) mass is 389 g/mol. The topological polar surface area (TPSA) is 61.4 Å². The minimum Gasteiger partial charge on any atom is -0.339 e. The molecular weight excluding hydrogens is 358 g/mol. The summed E-state index contributed by atoms with van der Waals surface area (Å²) in [5, 5.41) is 6.13. The highest BCUT2D eigenvalue weighted by Crippen LogP contribution is 2.23. The Kier molecular flexibility index (Phi) is 8.72. The van der Waals surface area contributed by atoms with Gasteiger partial charge in [0.2, 0.25) is 5.91 Å². The molecule has 0 heterocycles. The van der Waals surface area contributed by atoms with Crippen LogP contribution in [0.4, 0.5) is 5.69 Å². The number of benzene rings is 1. The second kappa shape index (κ2) is 11.0. The summed E-state index contributed by atoms with van der Waals surface area (Å²) < 4.78 is 0. The van der Waals surface area contributed by atoms with Crippen LogP contribution in [0.15, 0.2) is 24.3 Å². The van der Waals surface area contributed by atoms with E-state index in [9.17, 15) is 9.59 Å². The lowest BCUT2D eigenvalue weighted by molar-refractivity contribution is -0.124. The predicted octanol–water partition coefficient (Wildman–Crippen LogP) is 4.34. The Bertz CT molecular complexity index is 633. The van der Waals surface area contributed by atoms with Gasteiger partial charge < -0.3 is 15.5 Å². The number of anilines is 1. The van der Waals surface area contributed by atoms with Gasteiger partial charge in [-0.15, -0.1) is 0 Å². The Labute approximate surface area is 167 Å². The molecule has 27 heavy (non-hydrogen) atoms. The fourth-order valence-corrected chi connectivity index (χ4v) is 3.69. The van der Waals surface area contributed by atoms with Crippen LogP contribution in [0.1, 0.15) is 69.2 Å². The van der Waals surface area contributed by atoms with E-state index in [0.717, 1.165) is 57.3 Å². The largest absolute Gasteiger partial charge is 0.339 e. The van der Waals surface area contributed by atoms with Crippen LogP contribution in [0.2, 0.25) is 0 Å². The van der Waals surface area contributed by atoms with Crippen molar-refractivity contribution in [2.45, 2.75) is 58.8 Å². The van der Waals surface area contributed by atoms with Crippen molar-refractivity contribution < 1.29 is 9.59 Å². The number of rotatable bonds is 7. The summed E-state index contributed by atoms with van der Waals surface area (Å²) in [6.45, 7) is 5.69. The van der Waals surface area contributed by atoms with Crippen molar-refractivity contribution in [3.8, 4) is 0 Å². The number of thiocarbonyl (C=S) groups is 1. The van der Waals surface area contributed by atoms with E-state index in [1.54, 1.807) is 12.1 Å². The van der Waals surface area contributed by atoms with Crippen molar-refractivity contribution in [1.29, 1.82) is 0 Å². The molecule has 148 valence electrons. The summed E-state index contributed by atoms with van der Waals surface area (Å²) in [5.74, 6) is 0.133. The minimum absolute atomic E-state index is 0.00812. The smallest absolute Gasteiger partial charge is 0.253 e. The molecule has 0 saturated heterocycles. The maximum atomic E-state index is 12.6. The molecule has 0 aliphatic heterocycles. The van der Waals surface area contributed by atoms with Crippen LogP contribution in [0.3, 0.4) is 0 Å². The summed E-state index contributed by atoms with van der Waals surface area (Å²) in [5.41, 5.74) is 1.43. The van der Waals surface area contributed by atoms with Crippen LogP contribution >= 0.6 is 12.2 Å². The van der Waals surface area contributed by atoms with Crippen molar-refractivity contribution in [3.63, 3.8) is 0 Å². The van der Waals surface area contributed by atoms with Gasteiger partial charge in [-0.3, -0.25) is 9.59 Å². The lowest BCUT2D eigenvalue weighted by Crippen LogP contribution is -2.39. The van der Waals surface area contributed by atoms with Crippen molar-refractivity contribution >= 4 is 34.8 Å². The third-order valence-electron chi connectivity index (χ3n) is 4.88. The molecule has 1 saturated carbocycles. The lowest BCUT2D eigenvalue weighted by atomic mass is 9.89. The molecule has 2 N–H and O–H groups in total. The number of carbonyl (C=O) groups is 2. The van der Waals surface area contributed by atoms with Crippen molar-refractivity contribution in [3.05, 3.63) is 29.8 Å². The highest BCUT2D eigenvalue weighted by Gasteiger charge is 2.21. The van der Waals surface area contributed by atoms with E-state index in [4.69, 9.17) is 12.2 Å². The molecule has 0 atom stereocenters. The molecule has 0 aromatic heterocycles. The Morgan fingerprint density at radius 1 is 1.04 bits per heavy atom. The molecule has 6 heteroatoms. The van der Waals surface area contributed by atoms with Crippen LogP contribution in [-0.2, 0) is 4.79 Å². The molecule has 2 amide bonds. The highest BCUT2D eigenvalue weighted by atomic mass is 32.1. The van der Waals surface area contributed by atoms with Gasteiger partial charge in [-0.25, -0.2) is 0 Å². The normalized spacial score (nSPS) is 14.4. The third kappa shape index (κ3) is 6.61. The maximum Gasteiger partial charge on any atom is 0.253 e. The van der Waals surface area contributed by atoms with Gasteiger partial charge in [0.25, 0.3) is 5.91 Å². The number of amides is 2. The Morgan fingerprint density at radius 2 is 1.63 bits per heavy atom. The van der Waals surface area contributed by atoms with Gasteiger partial charge in [-0.05, 0) is 62.2 Å². The molecule has 1 aliphatic carbocycles. The first-order valence-electron chi connectivity index (χ1n) is 10.1. The van der Waals surface area contributed by atoms with E-state index in [0.29, 0.717) is 10.7 Å². The molecule has 1 aromatic rings. The second-order valence-corrected chi connectivity index (χ2v) is 7.56. The fraction of sp³-hybridized carbons (Fsp3) is 0.571. The average molecular weight is 390 g/mol. The number of hydrogen-bond donors (Lipinski definition) is 2. The van der Waals surface area contributed by atoms with Crippen LogP contribution in [0, 0.1) is 5.92 Å². The minimum atomic E-state index is 0.00812. The van der Waals surface area contributed by atoms with Gasteiger partial charge in [0.15, 0.2) is 5.11 Å². The van der Waals surface area contributed by atoms with E-state index in [-0.39, 0.29) is 17.7 Å². The van der Waals surface area contributed by atoms with Gasteiger partial charge >= 0.3 is 0 Å². The first kappa shape index (κ1) is 21.4. The van der Waals surface area contributed by atoms with Crippen molar-refractivity contribution in [1.82, 2.24) is 10.2 Å². The molecule has 1 aromatic carbocycles. The Balaban J connectivity index is 1.89.